The molecule has 8 nitrogen and oxygen atoms in total. The lowest BCUT2D eigenvalue weighted by Crippen LogP contribution is -2.50. The number of carbonyl (C=O) groups excluding carboxylic acids is 1. The number of methoxy groups -OCH3 is 1. The van der Waals surface area contributed by atoms with Crippen molar-refractivity contribution in [2.75, 3.05) is 44.8 Å². The van der Waals surface area contributed by atoms with Crippen molar-refractivity contribution in [1.29, 1.82) is 10.5 Å². The summed E-state index contributed by atoms with van der Waals surface area (Å²) in [6, 6.07) is 5.46. The molecule has 2 fully saturated rings. The number of halogens is 3. The van der Waals surface area contributed by atoms with Crippen molar-refractivity contribution in [3.63, 3.8) is 0 Å². The average Bonchev–Trinajstić information content (AvgIpc) is 3.29. The maximum Gasteiger partial charge on any atom is 0.275 e. The third-order valence-electron chi connectivity index (χ3n) is 8.04. The Bertz CT molecular complexity index is 2570. The molecule has 0 unspecified atom stereocenters. The summed E-state index contributed by atoms with van der Waals surface area (Å²) >= 11 is 0. The van der Waals surface area contributed by atoms with Gasteiger partial charge in [-0.15, -0.1) is 0 Å². The molecule has 3 heterocycles. The van der Waals surface area contributed by atoms with Crippen molar-refractivity contribution in [2.45, 2.75) is 44.2 Å². The van der Waals surface area contributed by atoms with Crippen LogP contribution in [0.2, 0.25) is 13.1 Å². The van der Waals surface area contributed by atoms with Gasteiger partial charge in [-0.2, -0.15) is 10.5 Å². The SMILES string of the molecule is [2H]C1([2H])N(c2ccc3c(c2)[Si](C)(C)C2=CC(=[N+]4C([2H])([2H])C([2H])([2H])C([2H])([2H])C4([2H])[2H])C=CC2=C3c2c(F)c(C(C#N)(C#N)OCOC)c(F)c(F)c2C(=O)[O-])C([2H])([2H])C([2H])([2H])C1([2H])[2H]. The number of ether oxygens (including phenoxy) is 2. The zero-order valence-corrected chi connectivity index (χ0v) is 25.7. The molecular formula is C35H33F3N4O4Si. The fourth-order valence-electron chi connectivity index (χ4n) is 5.84. The summed E-state index contributed by atoms with van der Waals surface area (Å²) in [5.74, 6) is -9.33. The van der Waals surface area contributed by atoms with Crippen LogP contribution in [-0.2, 0) is 15.1 Å². The molecule has 2 saturated heterocycles. The molecule has 4 aliphatic rings. The molecule has 0 N–H and O–H groups in total. The predicted octanol–water partition coefficient (Wildman–Crippen LogP) is 3.94. The molecule has 1 aliphatic carbocycles. The van der Waals surface area contributed by atoms with E-state index in [4.69, 9.17) is 31.4 Å². The summed E-state index contributed by atoms with van der Waals surface area (Å²) in [4.78, 5) is 13.0. The normalized spacial score (nSPS) is 32.2. The second-order valence-electron chi connectivity index (χ2n) is 10.9. The molecule has 0 radical (unpaired) electrons. The Morgan fingerprint density at radius 2 is 1.77 bits per heavy atom. The number of benzene rings is 2. The van der Waals surface area contributed by atoms with Crippen molar-refractivity contribution in [1.82, 2.24) is 0 Å². The van der Waals surface area contributed by atoms with Crippen LogP contribution in [0.15, 0.2) is 47.2 Å². The number of hydrogen-bond acceptors (Lipinski definition) is 7. The summed E-state index contributed by atoms with van der Waals surface area (Å²) < 4.78 is 195. The smallest absolute Gasteiger partial charge is 0.275 e. The summed E-state index contributed by atoms with van der Waals surface area (Å²) in [6.45, 7) is -11.8. The highest BCUT2D eigenvalue weighted by molar-refractivity contribution is 6.98. The van der Waals surface area contributed by atoms with Crippen molar-refractivity contribution >= 4 is 36.2 Å². The largest absolute Gasteiger partial charge is 0.545 e. The number of allylic oxidation sites excluding steroid dienone is 5. The highest BCUT2D eigenvalue weighted by Crippen LogP contribution is 2.46. The Kier molecular flexibility index (Phi) is 4.74. The third kappa shape index (κ3) is 5.12. The van der Waals surface area contributed by atoms with Gasteiger partial charge in [-0.05, 0) is 58.0 Å². The van der Waals surface area contributed by atoms with Crippen LogP contribution in [0, 0.1) is 40.1 Å². The Balaban J connectivity index is 1.83. The molecular weight excluding hydrogens is 625 g/mol. The Morgan fingerprint density at radius 1 is 1.09 bits per heavy atom. The van der Waals surface area contributed by atoms with Crippen LogP contribution >= 0.6 is 0 Å². The van der Waals surface area contributed by atoms with Crippen molar-refractivity contribution < 1.29 is 59.1 Å². The third-order valence-corrected chi connectivity index (χ3v) is 11.6. The molecule has 2 aromatic rings. The fourth-order valence-corrected chi connectivity index (χ4v) is 8.91. The maximum absolute atomic E-state index is 17.5. The van der Waals surface area contributed by atoms with Crippen LogP contribution < -0.4 is 15.2 Å². The minimum Gasteiger partial charge on any atom is -0.545 e. The highest BCUT2D eigenvalue weighted by atomic mass is 28.3. The minimum absolute atomic E-state index is 0.102. The lowest BCUT2D eigenvalue weighted by Gasteiger charge is -2.39. The van der Waals surface area contributed by atoms with Crippen LogP contribution in [0.25, 0.3) is 5.57 Å². The fraction of sp³-hybridized carbons (Fsp3) is 0.371. The highest BCUT2D eigenvalue weighted by Gasteiger charge is 2.47. The van der Waals surface area contributed by atoms with Crippen LogP contribution in [0.3, 0.4) is 0 Å². The molecule has 0 atom stereocenters. The van der Waals surface area contributed by atoms with Gasteiger partial charge in [0.2, 0.25) is 0 Å². The van der Waals surface area contributed by atoms with E-state index in [0.717, 1.165) is 43.5 Å². The van der Waals surface area contributed by atoms with E-state index in [1.807, 2.05) is 0 Å². The van der Waals surface area contributed by atoms with Crippen LogP contribution in [0.4, 0.5) is 18.9 Å². The van der Waals surface area contributed by atoms with Gasteiger partial charge in [-0.25, -0.2) is 17.7 Å². The maximum atomic E-state index is 17.5. The molecule has 6 rings (SSSR count). The Morgan fingerprint density at radius 3 is 2.38 bits per heavy atom. The number of nitriles is 2. The molecule has 3 aliphatic heterocycles. The summed E-state index contributed by atoms with van der Waals surface area (Å²) in [5, 5.41) is 32.7. The topological polar surface area (TPSA) is 112 Å². The second kappa shape index (κ2) is 12.3. The van der Waals surface area contributed by atoms with Crippen molar-refractivity contribution in [2.24, 2.45) is 0 Å². The van der Waals surface area contributed by atoms with Gasteiger partial charge < -0.3 is 24.3 Å². The van der Waals surface area contributed by atoms with Gasteiger partial charge in [0.1, 0.15) is 51.3 Å². The predicted molar refractivity (Wildman–Crippen MR) is 169 cm³/mol. The number of hydrogen-bond donors (Lipinski definition) is 0. The van der Waals surface area contributed by atoms with Gasteiger partial charge in [-0.3, -0.25) is 0 Å². The summed E-state index contributed by atoms with van der Waals surface area (Å²) in [6.07, 6.45) is -11.2. The van der Waals surface area contributed by atoms with E-state index in [-0.39, 0.29) is 31.0 Å². The van der Waals surface area contributed by atoms with Gasteiger partial charge in [-0.1, -0.05) is 19.2 Å². The first kappa shape index (κ1) is 18.2. The monoisotopic (exact) mass is 674 g/mol. The number of rotatable bonds is 7. The van der Waals surface area contributed by atoms with Crippen LogP contribution in [0.1, 0.15) is 74.5 Å². The van der Waals surface area contributed by atoms with Crippen molar-refractivity contribution in [3.05, 3.63) is 86.9 Å². The Hall–Kier alpha value is -4.49. The van der Waals surface area contributed by atoms with Gasteiger partial charge in [0.05, 0.1) is 11.5 Å². The quantitative estimate of drug-likeness (QED) is 0.189. The number of anilines is 1. The molecule has 12 heteroatoms. The van der Waals surface area contributed by atoms with E-state index in [1.54, 1.807) is 0 Å². The first-order valence-electron chi connectivity index (χ1n) is 21.7. The second-order valence-corrected chi connectivity index (χ2v) is 15.2. The molecule has 242 valence electrons. The first-order chi connectivity index (χ1) is 28.5. The number of nitrogens with zero attached hydrogens (tertiary/aromatic N) is 4. The molecule has 0 amide bonds. The number of carboxylic acid groups (broad SMARTS) is 1. The molecule has 0 saturated carbocycles. The van der Waals surface area contributed by atoms with Gasteiger partial charge >= 0.3 is 0 Å². The Labute approximate surface area is 294 Å². The van der Waals surface area contributed by atoms with Crippen molar-refractivity contribution in [3.8, 4) is 12.1 Å². The molecule has 0 bridgehead atoms. The zero-order chi connectivity index (χ0) is 48.0. The van der Waals surface area contributed by atoms with E-state index in [0.29, 0.717) is 0 Å². The van der Waals surface area contributed by atoms with E-state index < -0.39 is 129 Å². The van der Waals surface area contributed by atoms with Gasteiger partial charge in [0, 0.05) is 78.3 Å². The zero-order valence-electron chi connectivity index (χ0n) is 40.7. The first-order valence-corrected chi connectivity index (χ1v) is 16.7. The summed E-state index contributed by atoms with van der Waals surface area (Å²) in [7, 11) is -2.81. The van der Waals surface area contributed by atoms with E-state index in [2.05, 4.69) is 0 Å². The standard InChI is InChI=1S/C35H33F3N4O4Si/c1-45-20-46-35(18-39,19-40)30-31(36)28(29(34(43)44)32(37)33(30)38)27-23-10-8-21(41-12-4-5-13-41)16-25(23)47(2,3)26-17-22(9-11-24(26)27)42-14-6-7-15-42/h8-11,16-17H,4-7,12-15,20H2,1-3H3/i4D2,5D2,6D2,7D2,12D2,13D2,14D2,15D2. The molecule has 0 aromatic heterocycles. The molecule has 2 aromatic carbocycles. The number of carbonyl (C=O) groups is 1. The molecule has 47 heavy (non-hydrogen) atoms. The average molecular weight is 675 g/mol. The number of carboxylic acids is 1. The van der Waals surface area contributed by atoms with E-state index in [9.17, 15) is 20.4 Å². The lowest BCUT2D eigenvalue weighted by atomic mass is 9.83. The lowest BCUT2D eigenvalue weighted by molar-refractivity contribution is -0.504. The molecule has 0 spiro atoms. The van der Waals surface area contributed by atoms with Crippen LogP contribution in [0.5, 0.6) is 0 Å². The minimum atomic E-state index is -3.81. The number of aromatic carboxylic acids is 1. The van der Waals surface area contributed by atoms with Gasteiger partial charge in [0.15, 0.2) is 17.3 Å². The van der Waals surface area contributed by atoms with Crippen LogP contribution in [-0.4, -0.2) is 64.2 Å². The van der Waals surface area contributed by atoms with E-state index >= 15 is 13.2 Å². The van der Waals surface area contributed by atoms with Gasteiger partial charge in [0.25, 0.3) is 5.60 Å². The van der Waals surface area contributed by atoms with E-state index in [1.165, 1.54) is 25.2 Å². The summed E-state index contributed by atoms with van der Waals surface area (Å²) in [5.41, 5.74) is -10.7. The number of fused-ring (bicyclic) bond motifs is 2.